The number of furan rings is 1. The van der Waals surface area contributed by atoms with Gasteiger partial charge in [-0.15, -0.1) is 0 Å². The third-order valence-electron chi connectivity index (χ3n) is 9.91. The summed E-state index contributed by atoms with van der Waals surface area (Å²) in [5.41, 5.74) is 12.5. The fraction of sp³-hybridized carbons (Fsp3) is 0.0455. The number of aromatic nitrogens is 1. The number of benzene rings is 7. The van der Waals surface area contributed by atoms with Crippen LogP contribution >= 0.6 is 11.6 Å². The van der Waals surface area contributed by atoms with E-state index in [1.54, 1.807) is 0 Å². The lowest BCUT2D eigenvalue weighted by Gasteiger charge is -2.25. The first-order chi connectivity index (χ1) is 23.7. The van der Waals surface area contributed by atoms with Crippen molar-refractivity contribution in [2.24, 2.45) is 0 Å². The van der Waals surface area contributed by atoms with E-state index in [1.165, 1.54) is 44.1 Å². The van der Waals surface area contributed by atoms with E-state index in [0.717, 1.165) is 62.6 Å². The van der Waals surface area contributed by atoms with E-state index < -0.39 is 0 Å². The van der Waals surface area contributed by atoms with Gasteiger partial charge in [-0.05, 0) is 101 Å². The molecule has 0 atom stereocenters. The van der Waals surface area contributed by atoms with Crippen LogP contribution in [0.4, 0.5) is 17.1 Å². The minimum absolute atomic E-state index is 0.767. The van der Waals surface area contributed by atoms with Crippen molar-refractivity contribution < 1.29 is 4.42 Å². The van der Waals surface area contributed by atoms with Gasteiger partial charge in [0.25, 0.3) is 0 Å². The summed E-state index contributed by atoms with van der Waals surface area (Å²) in [6, 6.07) is 53.9. The zero-order valence-electron chi connectivity index (χ0n) is 26.0. The summed E-state index contributed by atoms with van der Waals surface area (Å²) in [7, 11) is 0. The second kappa shape index (κ2) is 10.6. The molecule has 0 spiro atoms. The smallest absolute Gasteiger partial charge is 0.137 e. The maximum absolute atomic E-state index is 6.60. The van der Waals surface area contributed by atoms with Crippen LogP contribution in [-0.4, -0.2) is 4.57 Å². The van der Waals surface area contributed by atoms with Gasteiger partial charge in [0.1, 0.15) is 11.2 Å². The van der Waals surface area contributed by atoms with Crippen molar-refractivity contribution in [3.8, 4) is 16.8 Å². The molecule has 7 aromatic carbocycles. The van der Waals surface area contributed by atoms with Gasteiger partial charge in [-0.1, -0.05) is 90.5 Å². The Kier molecular flexibility index (Phi) is 6.06. The maximum Gasteiger partial charge on any atom is 0.137 e. The van der Waals surface area contributed by atoms with Crippen molar-refractivity contribution in [3.05, 3.63) is 168 Å². The highest BCUT2D eigenvalue weighted by molar-refractivity contribution is 6.31. The molecule has 9 aromatic rings. The van der Waals surface area contributed by atoms with Crippen LogP contribution < -0.4 is 4.90 Å². The molecule has 2 heterocycles. The Morgan fingerprint density at radius 1 is 0.562 bits per heavy atom. The Bertz CT molecular complexity index is 2690. The molecule has 0 saturated carbocycles. The second-order valence-electron chi connectivity index (χ2n) is 12.6. The molecular weight excluding hydrogens is 608 g/mol. The quantitative estimate of drug-likeness (QED) is 0.192. The van der Waals surface area contributed by atoms with Crippen molar-refractivity contribution in [1.82, 2.24) is 4.57 Å². The van der Waals surface area contributed by atoms with Gasteiger partial charge in [-0.2, -0.15) is 0 Å². The molecule has 0 radical (unpaired) electrons. The summed E-state index contributed by atoms with van der Waals surface area (Å²) < 4.78 is 8.98. The maximum atomic E-state index is 6.60. The third kappa shape index (κ3) is 4.14. The Balaban J connectivity index is 1.21. The standard InChI is InChI=1S/C44H29ClN2O/c45-30-18-15-29-16-23-39-43(38(29)25-30)36-21-19-33(26-40(36)47(39)32-12-5-2-6-13-32)46(31-10-3-1-4-11-31)34-20-22-37-42(27-34)48-41-24-17-28-9-7-8-14-35(28)44(37)41/h1-15,17-22,24-27H,16,23H2. The van der Waals surface area contributed by atoms with Gasteiger partial charge in [-0.25, -0.2) is 0 Å². The fourth-order valence-electron chi connectivity index (χ4n) is 7.83. The van der Waals surface area contributed by atoms with Crippen LogP contribution in [0.25, 0.3) is 60.4 Å². The molecule has 0 bridgehead atoms. The van der Waals surface area contributed by atoms with Crippen molar-refractivity contribution in [3.63, 3.8) is 0 Å². The highest BCUT2D eigenvalue weighted by Crippen LogP contribution is 2.46. The van der Waals surface area contributed by atoms with E-state index in [-0.39, 0.29) is 0 Å². The van der Waals surface area contributed by atoms with E-state index in [0.29, 0.717) is 0 Å². The SMILES string of the molecule is Clc1ccc2c(c1)-c1c(n(-c3ccccc3)c3cc(N(c4ccccc4)c4ccc5c(c4)oc4ccc6ccccc6c45)ccc13)CC2. The second-order valence-corrected chi connectivity index (χ2v) is 13.0. The Hall–Kier alpha value is -5.77. The fourth-order valence-corrected chi connectivity index (χ4v) is 8.00. The van der Waals surface area contributed by atoms with Gasteiger partial charge in [-0.3, -0.25) is 0 Å². The minimum Gasteiger partial charge on any atom is -0.456 e. The first kappa shape index (κ1) is 27.4. The summed E-state index contributed by atoms with van der Waals surface area (Å²) >= 11 is 6.60. The highest BCUT2D eigenvalue weighted by Gasteiger charge is 2.26. The molecule has 0 N–H and O–H groups in total. The van der Waals surface area contributed by atoms with Gasteiger partial charge < -0.3 is 13.9 Å². The van der Waals surface area contributed by atoms with Gasteiger partial charge in [0.2, 0.25) is 0 Å². The average Bonchev–Trinajstić information content (AvgIpc) is 3.68. The lowest BCUT2D eigenvalue weighted by atomic mass is 9.88. The largest absolute Gasteiger partial charge is 0.456 e. The van der Waals surface area contributed by atoms with Crippen LogP contribution in [0, 0.1) is 0 Å². The number of para-hydroxylation sites is 2. The summed E-state index contributed by atoms with van der Waals surface area (Å²) in [6.45, 7) is 0. The molecule has 2 aromatic heterocycles. The molecule has 228 valence electrons. The van der Waals surface area contributed by atoms with Crippen LogP contribution in [0.3, 0.4) is 0 Å². The molecule has 0 aliphatic heterocycles. The summed E-state index contributed by atoms with van der Waals surface area (Å²) in [5, 5.41) is 6.70. The molecule has 0 amide bonds. The number of nitrogens with zero attached hydrogens (tertiary/aromatic N) is 2. The topological polar surface area (TPSA) is 21.3 Å². The van der Waals surface area contributed by atoms with Gasteiger partial charge in [0.05, 0.1) is 5.52 Å². The normalized spacial score (nSPS) is 12.5. The molecule has 0 fully saturated rings. The van der Waals surface area contributed by atoms with E-state index in [1.807, 2.05) is 6.07 Å². The molecule has 0 saturated heterocycles. The van der Waals surface area contributed by atoms with Gasteiger partial charge >= 0.3 is 0 Å². The Labute approximate surface area is 282 Å². The number of fused-ring (bicyclic) bond motifs is 10. The molecule has 10 rings (SSSR count). The number of hydrogen-bond acceptors (Lipinski definition) is 2. The zero-order valence-corrected chi connectivity index (χ0v) is 26.8. The molecule has 1 aliphatic carbocycles. The summed E-state index contributed by atoms with van der Waals surface area (Å²) in [5.74, 6) is 0. The molecule has 3 nitrogen and oxygen atoms in total. The van der Waals surface area contributed by atoms with Gasteiger partial charge in [0, 0.05) is 61.3 Å². The number of rotatable bonds is 4. The van der Waals surface area contributed by atoms with E-state index in [2.05, 4.69) is 155 Å². The predicted molar refractivity (Wildman–Crippen MR) is 201 cm³/mol. The van der Waals surface area contributed by atoms with Crippen LogP contribution in [0.15, 0.2) is 156 Å². The number of aryl methyl sites for hydroxylation is 1. The third-order valence-corrected chi connectivity index (χ3v) is 10.1. The van der Waals surface area contributed by atoms with Gasteiger partial charge in [0.15, 0.2) is 0 Å². The molecule has 48 heavy (non-hydrogen) atoms. The lowest BCUT2D eigenvalue weighted by Crippen LogP contribution is -2.10. The first-order valence-corrected chi connectivity index (χ1v) is 16.8. The van der Waals surface area contributed by atoms with Crippen LogP contribution in [0.2, 0.25) is 5.02 Å². The van der Waals surface area contributed by atoms with Crippen LogP contribution in [0.5, 0.6) is 0 Å². The van der Waals surface area contributed by atoms with E-state index >= 15 is 0 Å². The number of hydrogen-bond donors (Lipinski definition) is 0. The van der Waals surface area contributed by atoms with Crippen LogP contribution in [-0.2, 0) is 12.8 Å². The first-order valence-electron chi connectivity index (χ1n) is 16.4. The van der Waals surface area contributed by atoms with Crippen LogP contribution in [0.1, 0.15) is 11.3 Å². The molecular formula is C44H29ClN2O. The Morgan fingerprint density at radius 2 is 1.31 bits per heavy atom. The van der Waals surface area contributed by atoms with E-state index in [4.69, 9.17) is 16.0 Å². The lowest BCUT2D eigenvalue weighted by molar-refractivity contribution is 0.669. The minimum atomic E-state index is 0.767. The highest BCUT2D eigenvalue weighted by atomic mass is 35.5. The zero-order chi connectivity index (χ0) is 31.8. The summed E-state index contributed by atoms with van der Waals surface area (Å²) in [6.07, 6.45) is 1.95. The predicted octanol–water partition coefficient (Wildman–Crippen LogP) is 12.6. The molecule has 4 heteroatoms. The Morgan fingerprint density at radius 3 is 2.17 bits per heavy atom. The monoisotopic (exact) mass is 636 g/mol. The number of anilines is 3. The van der Waals surface area contributed by atoms with Crippen molar-refractivity contribution in [2.75, 3.05) is 4.90 Å². The molecule has 0 unspecified atom stereocenters. The van der Waals surface area contributed by atoms with Crippen molar-refractivity contribution in [1.29, 1.82) is 0 Å². The average molecular weight is 637 g/mol. The number of halogens is 1. The molecule has 1 aliphatic rings. The van der Waals surface area contributed by atoms with Crippen molar-refractivity contribution >= 4 is 72.3 Å². The summed E-state index contributed by atoms with van der Waals surface area (Å²) in [4.78, 5) is 2.33. The van der Waals surface area contributed by atoms with Crippen molar-refractivity contribution in [2.45, 2.75) is 12.8 Å². The van der Waals surface area contributed by atoms with E-state index in [9.17, 15) is 0 Å².